The van der Waals surface area contributed by atoms with Crippen molar-refractivity contribution in [2.75, 3.05) is 0 Å². The fraction of sp³-hybridized carbons (Fsp3) is 0.750. The minimum Gasteiger partial charge on any atom is -0.322 e. The second kappa shape index (κ2) is 2.85. The number of aryl methyl sites for hydroxylation is 1. The summed E-state index contributed by atoms with van der Waals surface area (Å²) in [4.78, 5) is 0. The van der Waals surface area contributed by atoms with Gasteiger partial charge >= 0.3 is 0 Å². The molecule has 1 atom stereocenters. The van der Waals surface area contributed by atoms with Crippen LogP contribution in [0.15, 0.2) is 12.3 Å². The van der Waals surface area contributed by atoms with Crippen LogP contribution >= 0.6 is 0 Å². The van der Waals surface area contributed by atoms with Gasteiger partial charge in [-0.25, -0.2) is 0 Å². The predicted molar refractivity (Wildman–Crippen MR) is 61.2 cm³/mol. The second-order valence-corrected chi connectivity index (χ2v) is 5.86. The quantitative estimate of drug-likeness (QED) is 0.807. The van der Waals surface area contributed by atoms with Crippen LogP contribution in [0.1, 0.15) is 39.4 Å². The first-order chi connectivity index (χ1) is 6.78. The minimum atomic E-state index is 0.0659. The monoisotopic (exact) mass is 207 g/mol. The summed E-state index contributed by atoms with van der Waals surface area (Å²) in [5, 5.41) is 4.39. The largest absolute Gasteiger partial charge is 0.322 e. The topological polar surface area (TPSA) is 43.8 Å². The van der Waals surface area contributed by atoms with Crippen molar-refractivity contribution in [3.63, 3.8) is 0 Å². The molecule has 1 aromatic heterocycles. The van der Waals surface area contributed by atoms with Crippen LogP contribution in [0.25, 0.3) is 0 Å². The van der Waals surface area contributed by atoms with Crippen LogP contribution in [-0.2, 0) is 7.05 Å². The van der Waals surface area contributed by atoms with E-state index in [1.165, 1.54) is 0 Å². The third-order valence-electron chi connectivity index (χ3n) is 4.57. The van der Waals surface area contributed by atoms with Gasteiger partial charge in [0.2, 0.25) is 0 Å². The molecule has 3 heteroatoms. The Morgan fingerprint density at radius 3 is 2.20 bits per heavy atom. The molecular formula is C12H21N3. The number of nitrogens with two attached hydrogens (primary N) is 1. The van der Waals surface area contributed by atoms with Crippen LogP contribution < -0.4 is 5.73 Å². The highest BCUT2D eigenvalue weighted by Crippen LogP contribution is 2.71. The minimum absolute atomic E-state index is 0.0659. The number of aromatic nitrogens is 2. The molecule has 1 fully saturated rings. The van der Waals surface area contributed by atoms with Crippen LogP contribution in [0, 0.1) is 16.7 Å². The van der Waals surface area contributed by atoms with Gasteiger partial charge in [-0.05, 0) is 22.8 Å². The van der Waals surface area contributed by atoms with Crippen molar-refractivity contribution in [2.45, 2.75) is 33.7 Å². The Balaban J connectivity index is 2.21. The van der Waals surface area contributed by atoms with Crippen molar-refractivity contribution in [1.82, 2.24) is 9.78 Å². The lowest BCUT2D eigenvalue weighted by molar-refractivity contribution is 0.457. The molecule has 15 heavy (non-hydrogen) atoms. The van der Waals surface area contributed by atoms with E-state index < -0.39 is 0 Å². The summed E-state index contributed by atoms with van der Waals surface area (Å²) in [5.74, 6) is 0.528. The Morgan fingerprint density at radius 1 is 1.33 bits per heavy atom. The highest BCUT2D eigenvalue weighted by atomic mass is 15.3. The van der Waals surface area contributed by atoms with Crippen molar-refractivity contribution in [3.05, 3.63) is 18.0 Å². The molecule has 2 N–H and O–H groups in total. The van der Waals surface area contributed by atoms with Gasteiger partial charge in [-0.15, -0.1) is 0 Å². The molecule has 1 heterocycles. The zero-order chi connectivity index (χ0) is 11.4. The fourth-order valence-corrected chi connectivity index (χ4v) is 2.93. The molecule has 3 nitrogen and oxygen atoms in total. The number of nitrogens with zero attached hydrogens (tertiary/aromatic N) is 2. The summed E-state index contributed by atoms with van der Waals surface area (Å²) in [6.45, 7) is 9.17. The fourth-order valence-electron chi connectivity index (χ4n) is 2.93. The molecule has 1 aliphatic carbocycles. The van der Waals surface area contributed by atoms with Gasteiger partial charge in [0.05, 0.1) is 11.7 Å². The summed E-state index contributed by atoms with van der Waals surface area (Å²) in [6.07, 6.45) is 1.96. The first kappa shape index (κ1) is 10.7. The van der Waals surface area contributed by atoms with Gasteiger partial charge in [-0.2, -0.15) is 5.10 Å². The maximum atomic E-state index is 6.29. The van der Waals surface area contributed by atoms with Gasteiger partial charge in [0, 0.05) is 13.2 Å². The molecular weight excluding hydrogens is 186 g/mol. The van der Waals surface area contributed by atoms with Crippen LogP contribution in [0.4, 0.5) is 0 Å². The number of rotatable bonds is 2. The highest BCUT2D eigenvalue weighted by molar-refractivity contribution is 5.21. The molecule has 0 aliphatic heterocycles. The van der Waals surface area contributed by atoms with E-state index in [1.807, 2.05) is 24.0 Å². The predicted octanol–water partition coefficient (Wildman–Crippen LogP) is 2.10. The Labute approximate surface area is 91.7 Å². The van der Waals surface area contributed by atoms with Crippen LogP contribution in [0.2, 0.25) is 0 Å². The van der Waals surface area contributed by atoms with E-state index in [4.69, 9.17) is 5.73 Å². The van der Waals surface area contributed by atoms with Crippen molar-refractivity contribution < 1.29 is 0 Å². The summed E-state index contributed by atoms with van der Waals surface area (Å²) in [6, 6.07) is 2.09. The number of hydrogen-bond donors (Lipinski definition) is 1. The molecule has 0 radical (unpaired) electrons. The Bertz CT molecular complexity index is 362. The van der Waals surface area contributed by atoms with E-state index in [0.717, 1.165) is 5.69 Å². The second-order valence-electron chi connectivity index (χ2n) is 5.86. The summed E-state index contributed by atoms with van der Waals surface area (Å²) < 4.78 is 1.82. The van der Waals surface area contributed by atoms with E-state index in [-0.39, 0.29) is 6.04 Å². The molecule has 0 bridgehead atoms. The van der Waals surface area contributed by atoms with Crippen LogP contribution in [-0.4, -0.2) is 9.78 Å². The van der Waals surface area contributed by atoms with Crippen LogP contribution in [0.3, 0.4) is 0 Å². The molecule has 1 aromatic rings. The van der Waals surface area contributed by atoms with Crippen molar-refractivity contribution in [3.8, 4) is 0 Å². The van der Waals surface area contributed by atoms with Gasteiger partial charge < -0.3 is 5.73 Å². The van der Waals surface area contributed by atoms with Gasteiger partial charge in [-0.1, -0.05) is 27.7 Å². The smallest absolute Gasteiger partial charge is 0.0794 e. The standard InChI is InChI=1S/C12H21N3/c1-11(2)10(12(11,3)4)9(13)8-6-7-15(5)14-8/h6-7,9-10H,13H2,1-5H3. The van der Waals surface area contributed by atoms with Crippen LogP contribution in [0.5, 0.6) is 0 Å². The summed E-state index contributed by atoms with van der Waals surface area (Å²) in [5.41, 5.74) is 7.95. The average Bonchev–Trinajstić information content (AvgIpc) is 2.49. The molecule has 0 amide bonds. The molecule has 1 unspecified atom stereocenters. The molecule has 1 aliphatic rings. The lowest BCUT2D eigenvalue weighted by atomic mass is 10.0. The molecule has 0 aromatic carbocycles. The maximum absolute atomic E-state index is 6.29. The van der Waals surface area contributed by atoms with E-state index in [9.17, 15) is 0 Å². The lowest BCUT2D eigenvalue weighted by Gasteiger charge is -2.10. The number of hydrogen-bond acceptors (Lipinski definition) is 2. The summed E-state index contributed by atoms with van der Waals surface area (Å²) in [7, 11) is 1.93. The van der Waals surface area contributed by atoms with Crippen molar-refractivity contribution in [1.29, 1.82) is 0 Å². The molecule has 2 rings (SSSR count). The van der Waals surface area contributed by atoms with Crippen molar-refractivity contribution in [2.24, 2.45) is 29.5 Å². The Morgan fingerprint density at radius 2 is 1.87 bits per heavy atom. The van der Waals surface area contributed by atoms with E-state index in [2.05, 4.69) is 32.8 Å². The lowest BCUT2D eigenvalue weighted by Crippen LogP contribution is -2.17. The SMILES string of the molecule is Cn1ccc(C(N)C2C(C)(C)C2(C)C)n1. The Kier molecular flexibility index (Phi) is 2.03. The van der Waals surface area contributed by atoms with Gasteiger partial charge in [-0.3, -0.25) is 4.68 Å². The molecule has 1 saturated carbocycles. The van der Waals surface area contributed by atoms with Gasteiger partial charge in [0.1, 0.15) is 0 Å². The van der Waals surface area contributed by atoms with E-state index in [0.29, 0.717) is 16.7 Å². The Hall–Kier alpha value is -0.830. The summed E-state index contributed by atoms with van der Waals surface area (Å²) >= 11 is 0. The highest BCUT2D eigenvalue weighted by Gasteiger charge is 2.66. The van der Waals surface area contributed by atoms with E-state index in [1.54, 1.807) is 0 Å². The zero-order valence-corrected chi connectivity index (χ0v) is 10.3. The zero-order valence-electron chi connectivity index (χ0n) is 10.3. The maximum Gasteiger partial charge on any atom is 0.0794 e. The molecule has 0 saturated heterocycles. The normalized spacial score (nSPS) is 25.2. The third-order valence-corrected chi connectivity index (χ3v) is 4.57. The van der Waals surface area contributed by atoms with Gasteiger partial charge in [0.25, 0.3) is 0 Å². The van der Waals surface area contributed by atoms with Crippen molar-refractivity contribution >= 4 is 0 Å². The first-order valence-corrected chi connectivity index (χ1v) is 5.53. The van der Waals surface area contributed by atoms with Gasteiger partial charge in [0.15, 0.2) is 0 Å². The average molecular weight is 207 g/mol. The van der Waals surface area contributed by atoms with E-state index >= 15 is 0 Å². The molecule has 0 spiro atoms. The molecule has 84 valence electrons. The third kappa shape index (κ3) is 1.33. The first-order valence-electron chi connectivity index (χ1n) is 5.53.